The fourth-order valence-electron chi connectivity index (χ4n) is 4.25. The third kappa shape index (κ3) is 7.78. The highest BCUT2D eigenvalue weighted by Crippen LogP contribution is 2.32. The van der Waals surface area contributed by atoms with Gasteiger partial charge in [0, 0.05) is 24.8 Å². The number of halogens is 5. The van der Waals surface area contributed by atoms with Crippen LogP contribution in [0.1, 0.15) is 17.0 Å². The highest BCUT2D eigenvalue weighted by atomic mass is 32.2. The van der Waals surface area contributed by atoms with Crippen molar-refractivity contribution in [3.05, 3.63) is 89.5 Å². The summed E-state index contributed by atoms with van der Waals surface area (Å²) in [5, 5.41) is 6.23. The van der Waals surface area contributed by atoms with Crippen LogP contribution in [0.25, 0.3) is 5.69 Å². The number of methoxy groups -OCH3 is 1. The number of aryl methyl sites for hydroxylation is 1. The summed E-state index contributed by atoms with van der Waals surface area (Å²) >= 11 is 1.00. The van der Waals surface area contributed by atoms with E-state index in [4.69, 9.17) is 9.47 Å². The lowest BCUT2D eigenvalue weighted by atomic mass is 10.1. The van der Waals surface area contributed by atoms with Crippen LogP contribution in [0, 0.1) is 18.6 Å². The molecule has 0 atom stereocenters. The van der Waals surface area contributed by atoms with Gasteiger partial charge in [0.15, 0.2) is 22.6 Å². The number of amides is 3. The number of nitrogens with one attached hydrogen (secondary N) is 1. The molecule has 0 saturated carbocycles. The Labute approximate surface area is 262 Å². The molecule has 1 N–H and O–H groups in total. The molecule has 11 nitrogen and oxygen atoms in total. The molecule has 2 heterocycles. The summed E-state index contributed by atoms with van der Waals surface area (Å²) in [6.07, 6.45) is -3.56. The number of aromatic nitrogens is 3. The van der Waals surface area contributed by atoms with E-state index in [0.717, 1.165) is 41.6 Å². The fraction of sp³-hybridized carbons (Fsp3) is 0.207. The Morgan fingerprint density at radius 3 is 2.43 bits per heavy atom. The molecule has 1 aromatic heterocycles. The van der Waals surface area contributed by atoms with E-state index in [1.807, 2.05) is 13.0 Å². The van der Waals surface area contributed by atoms with E-state index in [-0.39, 0.29) is 41.6 Å². The third-order valence-electron chi connectivity index (χ3n) is 6.23. The van der Waals surface area contributed by atoms with Crippen molar-refractivity contribution in [3.8, 4) is 17.2 Å². The normalized spacial score (nSPS) is 14.2. The number of carbonyl (C=O) groups excluding carboxylic acids is 2. The summed E-state index contributed by atoms with van der Waals surface area (Å²) in [6.45, 7) is 1.72. The average Bonchev–Trinajstić information content (AvgIpc) is 3.61. The molecule has 0 bridgehead atoms. The van der Waals surface area contributed by atoms with E-state index in [1.54, 1.807) is 12.1 Å². The van der Waals surface area contributed by atoms with E-state index >= 15 is 0 Å². The largest absolute Gasteiger partial charge is 0.573 e. The van der Waals surface area contributed by atoms with Crippen LogP contribution in [-0.2, 0) is 22.7 Å². The summed E-state index contributed by atoms with van der Waals surface area (Å²) in [5.41, 5.74) is 1.60. The number of benzene rings is 3. The quantitative estimate of drug-likeness (QED) is 0.212. The molecular weight excluding hydrogens is 639 g/mol. The van der Waals surface area contributed by atoms with Crippen LogP contribution in [0.15, 0.2) is 65.9 Å². The van der Waals surface area contributed by atoms with Crippen LogP contribution in [0.5, 0.6) is 11.5 Å². The molecular formula is C29H23F5N6O5S. The number of carbonyl (C=O) groups is 2. The Balaban J connectivity index is 1.24. The molecule has 5 rings (SSSR count). The summed E-state index contributed by atoms with van der Waals surface area (Å²) < 4.78 is 82.5. The average molecular weight is 663 g/mol. The lowest BCUT2D eigenvalue weighted by molar-refractivity contribution is -0.274. The first-order valence-electron chi connectivity index (χ1n) is 13.2. The maximum atomic E-state index is 14.9. The maximum absolute atomic E-state index is 14.9. The van der Waals surface area contributed by atoms with Gasteiger partial charge in [-0.05, 0) is 42.8 Å². The van der Waals surface area contributed by atoms with Crippen molar-refractivity contribution >= 4 is 40.2 Å². The molecule has 46 heavy (non-hydrogen) atoms. The zero-order valence-corrected chi connectivity index (χ0v) is 24.8. The third-order valence-corrected chi connectivity index (χ3v) is 7.16. The first-order chi connectivity index (χ1) is 21.9. The van der Waals surface area contributed by atoms with Crippen LogP contribution in [0.4, 0.5) is 38.1 Å². The van der Waals surface area contributed by atoms with Crippen LogP contribution in [0.3, 0.4) is 0 Å². The van der Waals surface area contributed by atoms with Gasteiger partial charge >= 0.3 is 12.4 Å². The number of hydrogen-bond acceptors (Lipinski definition) is 8. The number of thioether (sulfide) groups is 1. The molecule has 240 valence electrons. The Morgan fingerprint density at radius 1 is 1.04 bits per heavy atom. The number of urea groups is 1. The van der Waals surface area contributed by atoms with Crippen molar-refractivity contribution in [2.45, 2.75) is 26.5 Å². The first-order valence-corrected chi connectivity index (χ1v) is 14.2. The minimum Gasteiger partial charge on any atom is -0.485 e. The summed E-state index contributed by atoms with van der Waals surface area (Å²) in [4.78, 5) is 34.6. The molecule has 17 heteroatoms. The van der Waals surface area contributed by atoms with Crippen molar-refractivity contribution in [1.29, 1.82) is 0 Å². The number of hydrogen-bond donors (Lipinski definition) is 1. The minimum absolute atomic E-state index is 0.0114. The lowest BCUT2D eigenvalue weighted by Crippen LogP contribution is -2.31. The molecule has 1 saturated heterocycles. The SMILES string of the molecule is COCc1ccc(C)cc1N1C(=O)CSC1=NC(=O)Nc1c(F)cc(OCc2ncn(-c3ccc(OC(F)(F)F)cc3)n2)cc1F. The number of rotatable bonds is 9. The molecule has 0 spiro atoms. The van der Waals surface area contributed by atoms with Gasteiger partial charge < -0.3 is 19.5 Å². The van der Waals surface area contributed by atoms with Gasteiger partial charge in [-0.1, -0.05) is 23.9 Å². The monoisotopic (exact) mass is 662 g/mol. The van der Waals surface area contributed by atoms with Crippen molar-refractivity contribution < 1.29 is 45.8 Å². The van der Waals surface area contributed by atoms with Gasteiger partial charge in [-0.15, -0.1) is 18.3 Å². The van der Waals surface area contributed by atoms with Crippen LogP contribution >= 0.6 is 11.8 Å². The Hall–Kier alpha value is -5.03. The highest BCUT2D eigenvalue weighted by Gasteiger charge is 2.33. The Bertz CT molecular complexity index is 1770. The number of alkyl halides is 3. The number of aliphatic imine (C=N–C) groups is 1. The summed E-state index contributed by atoms with van der Waals surface area (Å²) in [7, 11) is 1.50. The standard InChI is InChI=1S/C29H23F5N6O5S/c1-16-3-4-17(12-43-2)23(9-16)40-25(41)14-46-28(40)37-27(42)36-26-21(30)10-20(11-22(26)31)44-13-24-35-15-39(38-24)18-5-7-19(8-6-18)45-29(32,33)34/h3-11,15H,12-14H2,1-2H3,(H,36,42). The Kier molecular flexibility index (Phi) is 9.52. The molecule has 0 unspecified atom stereocenters. The van der Waals surface area contributed by atoms with Crippen LogP contribution in [0.2, 0.25) is 0 Å². The van der Waals surface area contributed by atoms with Gasteiger partial charge in [0.25, 0.3) is 0 Å². The van der Waals surface area contributed by atoms with E-state index in [1.165, 1.54) is 35.2 Å². The minimum atomic E-state index is -4.83. The topological polar surface area (TPSA) is 120 Å². The fourth-order valence-corrected chi connectivity index (χ4v) is 5.11. The zero-order valence-electron chi connectivity index (χ0n) is 24.0. The second-order valence-electron chi connectivity index (χ2n) is 9.61. The number of ether oxygens (including phenoxy) is 3. The smallest absolute Gasteiger partial charge is 0.485 e. The van der Waals surface area contributed by atoms with E-state index < -0.39 is 35.5 Å². The van der Waals surface area contributed by atoms with Crippen molar-refractivity contribution in [2.75, 3.05) is 23.1 Å². The van der Waals surface area contributed by atoms with Gasteiger partial charge in [0.1, 0.15) is 30.1 Å². The molecule has 3 amide bonds. The molecule has 1 aliphatic heterocycles. The Morgan fingerprint density at radius 2 is 1.76 bits per heavy atom. The maximum Gasteiger partial charge on any atom is 0.573 e. The lowest BCUT2D eigenvalue weighted by Gasteiger charge is -2.20. The highest BCUT2D eigenvalue weighted by molar-refractivity contribution is 8.15. The zero-order chi connectivity index (χ0) is 33.0. The summed E-state index contributed by atoms with van der Waals surface area (Å²) in [5.74, 6) is -3.18. The van der Waals surface area contributed by atoms with E-state index in [2.05, 4.69) is 25.1 Å². The summed E-state index contributed by atoms with van der Waals surface area (Å²) in [6, 6.07) is 10.8. The predicted molar refractivity (Wildman–Crippen MR) is 157 cm³/mol. The molecule has 0 radical (unpaired) electrons. The van der Waals surface area contributed by atoms with E-state index in [0.29, 0.717) is 16.9 Å². The number of anilines is 2. The second kappa shape index (κ2) is 13.5. The molecule has 1 fully saturated rings. The van der Waals surface area contributed by atoms with E-state index in [9.17, 15) is 31.5 Å². The number of nitrogens with zero attached hydrogens (tertiary/aromatic N) is 5. The van der Waals surface area contributed by atoms with Crippen molar-refractivity contribution in [3.63, 3.8) is 0 Å². The van der Waals surface area contributed by atoms with Crippen molar-refractivity contribution in [2.24, 2.45) is 4.99 Å². The first kappa shape index (κ1) is 32.4. The van der Waals surface area contributed by atoms with Gasteiger partial charge in [-0.25, -0.2) is 23.2 Å². The van der Waals surface area contributed by atoms with Crippen LogP contribution < -0.4 is 19.7 Å². The van der Waals surface area contributed by atoms with Gasteiger partial charge in [-0.3, -0.25) is 9.69 Å². The number of amidine groups is 1. The molecule has 4 aromatic rings. The molecule has 3 aromatic carbocycles. The van der Waals surface area contributed by atoms with Gasteiger partial charge in [0.2, 0.25) is 5.91 Å². The predicted octanol–water partition coefficient (Wildman–Crippen LogP) is 6.15. The van der Waals surface area contributed by atoms with Gasteiger partial charge in [-0.2, -0.15) is 4.99 Å². The second-order valence-corrected chi connectivity index (χ2v) is 10.5. The molecule has 1 aliphatic rings. The molecule has 0 aliphatic carbocycles. The van der Waals surface area contributed by atoms with Crippen molar-refractivity contribution in [1.82, 2.24) is 14.8 Å². The van der Waals surface area contributed by atoms with Crippen LogP contribution in [-0.4, -0.2) is 51.1 Å². The van der Waals surface area contributed by atoms with Gasteiger partial charge in [0.05, 0.1) is 23.7 Å².